The van der Waals surface area contributed by atoms with Crippen molar-refractivity contribution in [2.75, 3.05) is 33.5 Å². The number of methoxy groups -OCH3 is 1. The van der Waals surface area contributed by atoms with E-state index in [0.717, 1.165) is 12.3 Å². The van der Waals surface area contributed by atoms with Crippen molar-refractivity contribution in [1.82, 2.24) is 4.98 Å². The van der Waals surface area contributed by atoms with Crippen LogP contribution in [0.2, 0.25) is 0 Å². The minimum absolute atomic E-state index is 0. The van der Waals surface area contributed by atoms with Gasteiger partial charge >= 0.3 is 58.4 Å². The number of rotatable bonds is 8. The van der Waals surface area contributed by atoms with Gasteiger partial charge in [-0.25, -0.2) is 0 Å². The minimum Gasteiger partial charge on any atom is -0.490 e. The van der Waals surface area contributed by atoms with Crippen molar-refractivity contribution in [2.45, 2.75) is 0 Å². The van der Waals surface area contributed by atoms with Gasteiger partial charge in [-0.15, -0.1) is 0 Å². The second-order valence-corrected chi connectivity index (χ2v) is 3.48. The Hall–Kier alpha value is 0.361. The largest absolute Gasteiger partial charge is 1.00 e. The van der Waals surface area contributed by atoms with E-state index in [0.29, 0.717) is 13.2 Å². The van der Waals surface area contributed by atoms with E-state index in [1.165, 1.54) is 6.20 Å². The van der Waals surface area contributed by atoms with Gasteiger partial charge in [-0.3, -0.25) is 4.98 Å². The molecule has 0 spiro atoms. The Morgan fingerprint density at radius 3 is 2.42 bits per heavy atom. The Labute approximate surface area is 152 Å². The molecule has 0 saturated carbocycles. The Morgan fingerprint density at radius 2 is 1.79 bits per heavy atom. The number of aromatic nitrogens is 1. The third-order valence-electron chi connectivity index (χ3n) is 2.04. The fraction of sp³-hybridized carbons (Fsp3) is 0.500. The summed E-state index contributed by atoms with van der Waals surface area (Å²) in [6.07, 6.45) is 2.02. The molecule has 0 saturated heterocycles. The van der Waals surface area contributed by atoms with Gasteiger partial charge in [-0.2, -0.15) is 0 Å². The summed E-state index contributed by atoms with van der Waals surface area (Å²) in [5, 5.41) is 0. The smallest absolute Gasteiger partial charge is 0.490 e. The Balaban J connectivity index is 0.00000324. The first-order valence-corrected chi connectivity index (χ1v) is 5.38. The number of halogens is 3. The maximum atomic E-state index is 12.4. The van der Waals surface area contributed by atoms with E-state index >= 15 is 0 Å². The molecule has 0 aliphatic rings. The molecule has 0 fully saturated rings. The Bertz CT molecular complexity index is 368. The first-order chi connectivity index (χ1) is 8.54. The summed E-state index contributed by atoms with van der Waals surface area (Å²) in [5.41, 5.74) is -0.771. The van der Waals surface area contributed by atoms with Crippen LogP contribution >= 0.6 is 0 Å². The summed E-state index contributed by atoms with van der Waals surface area (Å²) in [6.45, 7) is -3.71. The van der Waals surface area contributed by atoms with Gasteiger partial charge in [0.05, 0.1) is 26.0 Å². The molecule has 0 aromatic carbocycles. The molecule has 0 aliphatic carbocycles. The van der Waals surface area contributed by atoms with Crippen molar-refractivity contribution in [2.24, 2.45) is 0 Å². The second-order valence-electron chi connectivity index (χ2n) is 3.48. The van der Waals surface area contributed by atoms with Crippen LogP contribution in [0.3, 0.4) is 0 Å². The molecular weight excluding hydrogens is 289 g/mol. The molecule has 0 radical (unpaired) electrons. The summed E-state index contributed by atoms with van der Waals surface area (Å²) in [4.78, 5) is 3.49. The van der Waals surface area contributed by atoms with Crippen molar-refractivity contribution in [3.05, 3.63) is 18.5 Å². The van der Waals surface area contributed by atoms with E-state index in [-0.39, 0.29) is 70.3 Å². The summed E-state index contributed by atoms with van der Waals surface area (Å²) < 4.78 is 52.2. The molecule has 9 heteroatoms. The molecule has 1 aromatic rings. The van der Waals surface area contributed by atoms with Gasteiger partial charge in [0.15, 0.2) is 0 Å². The first kappa shape index (κ1) is 19.4. The van der Waals surface area contributed by atoms with Crippen LogP contribution in [0.5, 0.6) is 5.75 Å². The van der Waals surface area contributed by atoms with E-state index < -0.39 is 12.4 Å². The van der Waals surface area contributed by atoms with E-state index in [1.807, 2.05) is 0 Å². The van der Waals surface area contributed by atoms with Crippen LogP contribution < -0.4 is 61.6 Å². The van der Waals surface area contributed by atoms with Crippen LogP contribution in [-0.4, -0.2) is 45.5 Å². The molecule has 102 valence electrons. The van der Waals surface area contributed by atoms with Gasteiger partial charge in [0.25, 0.3) is 0 Å². The van der Waals surface area contributed by atoms with Gasteiger partial charge in [-0.1, -0.05) is 5.46 Å². The molecule has 19 heavy (non-hydrogen) atoms. The van der Waals surface area contributed by atoms with Crippen LogP contribution in [0.4, 0.5) is 12.9 Å². The maximum absolute atomic E-state index is 12.4. The van der Waals surface area contributed by atoms with Crippen LogP contribution in [0.15, 0.2) is 18.5 Å². The molecule has 1 aromatic heterocycles. The molecule has 4 nitrogen and oxygen atoms in total. The van der Waals surface area contributed by atoms with Crippen molar-refractivity contribution in [1.29, 1.82) is 0 Å². The summed E-state index contributed by atoms with van der Waals surface area (Å²) in [6, 6.07) is 0.933. The minimum atomic E-state index is -5.05. The summed E-state index contributed by atoms with van der Waals surface area (Å²) in [7, 11) is 1.55. The normalized spacial score (nSPS) is 10.9. The summed E-state index contributed by atoms with van der Waals surface area (Å²) >= 11 is 0. The molecular formula is C10H14BF3KNO3. The quantitative estimate of drug-likeness (QED) is 0.419. The number of nitrogens with zero attached hydrogens (tertiary/aromatic N) is 1. The molecule has 0 amide bonds. The summed E-state index contributed by atoms with van der Waals surface area (Å²) in [5.74, 6) is 0.0852. The fourth-order valence-electron chi connectivity index (χ4n) is 1.16. The number of pyridine rings is 1. The van der Waals surface area contributed by atoms with E-state index in [4.69, 9.17) is 14.2 Å². The number of hydrogen-bond donors (Lipinski definition) is 0. The standard InChI is InChI=1S/C10H14BF3NO3.K/c1-16-2-3-17-4-5-18-10-6-9(7-15-8-10)11(12,13)14;/h6-8H,2-5H2,1H3;/q-1;+1. The van der Waals surface area contributed by atoms with Gasteiger partial charge in [0.1, 0.15) is 12.4 Å². The predicted octanol–water partition coefficient (Wildman–Crippen LogP) is -1.82. The van der Waals surface area contributed by atoms with Gasteiger partial charge in [0.2, 0.25) is 0 Å². The zero-order valence-electron chi connectivity index (χ0n) is 10.9. The maximum Gasteiger partial charge on any atom is 1.00 e. The average Bonchev–Trinajstić information content (AvgIpc) is 2.33. The Kier molecular flexibility index (Phi) is 10.3. The van der Waals surface area contributed by atoms with E-state index in [1.54, 1.807) is 7.11 Å². The van der Waals surface area contributed by atoms with Crippen LogP contribution in [-0.2, 0) is 9.47 Å². The Morgan fingerprint density at radius 1 is 1.11 bits per heavy atom. The molecule has 1 rings (SSSR count). The number of ether oxygens (including phenoxy) is 3. The van der Waals surface area contributed by atoms with Crippen molar-refractivity contribution >= 4 is 12.4 Å². The third-order valence-corrected chi connectivity index (χ3v) is 2.04. The van der Waals surface area contributed by atoms with Gasteiger partial charge < -0.3 is 27.2 Å². The fourth-order valence-corrected chi connectivity index (χ4v) is 1.16. The average molecular weight is 303 g/mol. The van der Waals surface area contributed by atoms with Crippen LogP contribution in [0.25, 0.3) is 0 Å². The SMILES string of the molecule is COCCOCCOc1cncc([B-](F)(F)F)c1.[K+]. The molecule has 0 atom stereocenters. The van der Waals surface area contributed by atoms with E-state index in [2.05, 4.69) is 4.98 Å². The van der Waals surface area contributed by atoms with E-state index in [9.17, 15) is 12.9 Å². The van der Waals surface area contributed by atoms with Crippen LogP contribution in [0, 0.1) is 0 Å². The number of hydrogen-bond acceptors (Lipinski definition) is 4. The van der Waals surface area contributed by atoms with Gasteiger partial charge in [-0.05, 0) is 6.07 Å². The zero-order valence-corrected chi connectivity index (χ0v) is 14.1. The van der Waals surface area contributed by atoms with Crippen LogP contribution in [0.1, 0.15) is 0 Å². The topological polar surface area (TPSA) is 40.6 Å². The zero-order chi connectivity index (χ0) is 13.4. The van der Waals surface area contributed by atoms with Crippen molar-refractivity contribution in [3.8, 4) is 5.75 Å². The van der Waals surface area contributed by atoms with Gasteiger partial charge in [0, 0.05) is 13.3 Å². The second kappa shape index (κ2) is 10.1. The van der Waals surface area contributed by atoms with Crippen molar-refractivity contribution in [3.63, 3.8) is 0 Å². The first-order valence-electron chi connectivity index (χ1n) is 5.38. The van der Waals surface area contributed by atoms with Crippen molar-refractivity contribution < 1.29 is 78.5 Å². The third kappa shape index (κ3) is 8.28. The predicted molar refractivity (Wildman–Crippen MR) is 61.1 cm³/mol. The molecule has 0 unspecified atom stereocenters. The molecule has 0 bridgehead atoms. The molecule has 0 aliphatic heterocycles. The molecule has 1 heterocycles. The molecule has 0 N–H and O–H groups in total. The monoisotopic (exact) mass is 303 g/mol.